The van der Waals surface area contributed by atoms with Gasteiger partial charge in [0.1, 0.15) is 0 Å². The number of amides is 1. The Balaban J connectivity index is 1.82. The van der Waals surface area contributed by atoms with Gasteiger partial charge in [-0.25, -0.2) is 4.98 Å². The number of piperazine rings is 1. The molecule has 0 atom stereocenters. The normalized spacial score (nSPS) is 16.9. The summed E-state index contributed by atoms with van der Waals surface area (Å²) in [6, 6.07) is 3.26. The van der Waals surface area contributed by atoms with Crippen molar-refractivity contribution in [2.24, 2.45) is 0 Å². The van der Waals surface area contributed by atoms with Crippen LogP contribution in [0.4, 0.5) is 10.1 Å². The van der Waals surface area contributed by atoms with Crippen molar-refractivity contribution >= 4 is 11.6 Å². The molecule has 2 rings (SSSR count). The van der Waals surface area contributed by atoms with Crippen LogP contribution in [0, 0.1) is 5.95 Å². The molecule has 0 aliphatic carbocycles. The van der Waals surface area contributed by atoms with Crippen molar-refractivity contribution in [3.05, 3.63) is 24.3 Å². The van der Waals surface area contributed by atoms with E-state index in [0.29, 0.717) is 6.54 Å². The summed E-state index contributed by atoms with van der Waals surface area (Å²) in [4.78, 5) is 19.7. The van der Waals surface area contributed by atoms with E-state index in [4.69, 9.17) is 0 Å². The van der Waals surface area contributed by atoms with Crippen LogP contribution in [0.25, 0.3) is 0 Å². The number of anilines is 1. The predicted molar refractivity (Wildman–Crippen MR) is 80.7 cm³/mol. The van der Waals surface area contributed by atoms with Crippen molar-refractivity contribution in [1.29, 1.82) is 0 Å². The van der Waals surface area contributed by atoms with Gasteiger partial charge in [-0.05, 0) is 26.8 Å². The average molecular weight is 294 g/mol. The lowest BCUT2D eigenvalue weighted by atomic mass is 10.1. The van der Waals surface area contributed by atoms with Gasteiger partial charge < -0.3 is 10.2 Å². The van der Waals surface area contributed by atoms with Crippen LogP contribution in [-0.2, 0) is 4.79 Å². The highest BCUT2D eigenvalue weighted by Gasteiger charge is 2.21. The summed E-state index contributed by atoms with van der Waals surface area (Å²) >= 11 is 0. The van der Waals surface area contributed by atoms with Gasteiger partial charge in [0, 0.05) is 49.7 Å². The molecule has 0 saturated carbocycles. The highest BCUT2D eigenvalue weighted by molar-refractivity contribution is 5.78. The maximum Gasteiger partial charge on any atom is 0.234 e. The van der Waals surface area contributed by atoms with Gasteiger partial charge in [-0.1, -0.05) is 0 Å². The summed E-state index contributed by atoms with van der Waals surface area (Å²) in [6.07, 6.45) is 1.48. The minimum atomic E-state index is -0.459. The molecular weight excluding hydrogens is 271 g/mol. The van der Waals surface area contributed by atoms with Crippen LogP contribution in [0.2, 0.25) is 0 Å². The van der Waals surface area contributed by atoms with Crippen molar-refractivity contribution in [2.75, 3.05) is 37.6 Å². The van der Waals surface area contributed by atoms with Crippen LogP contribution in [0.15, 0.2) is 18.3 Å². The molecule has 1 aromatic heterocycles. The van der Waals surface area contributed by atoms with E-state index in [1.165, 1.54) is 12.3 Å². The Labute approximate surface area is 125 Å². The summed E-state index contributed by atoms with van der Waals surface area (Å²) < 4.78 is 13.1. The van der Waals surface area contributed by atoms with Gasteiger partial charge in [-0.15, -0.1) is 0 Å². The first-order valence-electron chi connectivity index (χ1n) is 7.23. The third-order valence-corrected chi connectivity index (χ3v) is 3.33. The second-order valence-electron chi connectivity index (χ2n) is 6.40. The SMILES string of the molecule is CC(C)(C)NC(=O)CN1CCN(c2ccnc(F)c2)CC1. The molecule has 1 fully saturated rings. The van der Waals surface area contributed by atoms with Gasteiger partial charge in [0.2, 0.25) is 11.9 Å². The zero-order valence-electron chi connectivity index (χ0n) is 12.9. The lowest BCUT2D eigenvalue weighted by Gasteiger charge is -2.36. The molecule has 5 nitrogen and oxygen atoms in total. The van der Waals surface area contributed by atoms with E-state index in [1.807, 2.05) is 26.8 Å². The number of rotatable bonds is 3. The lowest BCUT2D eigenvalue weighted by Crippen LogP contribution is -2.51. The van der Waals surface area contributed by atoms with Gasteiger partial charge in [-0.2, -0.15) is 4.39 Å². The first-order valence-corrected chi connectivity index (χ1v) is 7.23. The first-order chi connectivity index (χ1) is 9.83. The zero-order valence-corrected chi connectivity index (χ0v) is 12.9. The topological polar surface area (TPSA) is 48.5 Å². The van der Waals surface area contributed by atoms with Crippen molar-refractivity contribution in [3.8, 4) is 0 Å². The molecule has 6 heteroatoms. The Morgan fingerprint density at radius 3 is 2.57 bits per heavy atom. The van der Waals surface area contributed by atoms with Crippen LogP contribution in [0.3, 0.4) is 0 Å². The van der Waals surface area contributed by atoms with E-state index in [2.05, 4.69) is 20.1 Å². The Hall–Kier alpha value is -1.69. The summed E-state index contributed by atoms with van der Waals surface area (Å²) in [5, 5.41) is 2.96. The maximum atomic E-state index is 13.1. The van der Waals surface area contributed by atoms with E-state index in [1.54, 1.807) is 0 Å². The van der Waals surface area contributed by atoms with Crippen LogP contribution < -0.4 is 10.2 Å². The number of pyridine rings is 1. The molecule has 1 N–H and O–H groups in total. The summed E-state index contributed by atoms with van der Waals surface area (Å²) in [5.41, 5.74) is 0.647. The van der Waals surface area contributed by atoms with E-state index in [-0.39, 0.29) is 11.4 Å². The van der Waals surface area contributed by atoms with Gasteiger partial charge in [0.05, 0.1) is 6.54 Å². The average Bonchev–Trinajstić information content (AvgIpc) is 2.37. The maximum absolute atomic E-state index is 13.1. The molecule has 2 heterocycles. The van der Waals surface area contributed by atoms with E-state index in [9.17, 15) is 9.18 Å². The number of hydrogen-bond donors (Lipinski definition) is 1. The van der Waals surface area contributed by atoms with E-state index < -0.39 is 5.95 Å². The molecule has 1 aliphatic rings. The smallest absolute Gasteiger partial charge is 0.234 e. The largest absolute Gasteiger partial charge is 0.369 e. The number of carbonyl (C=O) groups excluding carboxylic acids is 1. The monoisotopic (exact) mass is 294 g/mol. The quantitative estimate of drug-likeness (QED) is 0.853. The number of nitrogens with zero attached hydrogens (tertiary/aromatic N) is 3. The number of carbonyl (C=O) groups is 1. The zero-order chi connectivity index (χ0) is 15.5. The molecule has 0 unspecified atom stereocenters. The standard InChI is InChI=1S/C15H23FN4O/c1-15(2,3)18-14(21)11-19-6-8-20(9-7-19)12-4-5-17-13(16)10-12/h4-5,10H,6-9,11H2,1-3H3,(H,18,21). The highest BCUT2D eigenvalue weighted by Crippen LogP contribution is 2.16. The molecule has 1 amide bonds. The second-order valence-corrected chi connectivity index (χ2v) is 6.40. The first kappa shape index (κ1) is 15.7. The second kappa shape index (κ2) is 6.39. The molecule has 1 saturated heterocycles. The van der Waals surface area contributed by atoms with Gasteiger partial charge in [0.15, 0.2) is 0 Å². The van der Waals surface area contributed by atoms with Crippen LogP contribution in [0.5, 0.6) is 0 Å². The molecule has 0 aromatic carbocycles. The Morgan fingerprint density at radius 1 is 1.33 bits per heavy atom. The van der Waals surface area contributed by atoms with Crippen LogP contribution in [-0.4, -0.2) is 54.1 Å². The fourth-order valence-electron chi connectivity index (χ4n) is 2.41. The van der Waals surface area contributed by atoms with Crippen LogP contribution in [0.1, 0.15) is 20.8 Å². The number of hydrogen-bond acceptors (Lipinski definition) is 4. The number of nitrogens with one attached hydrogen (secondary N) is 1. The Morgan fingerprint density at radius 2 is 2.00 bits per heavy atom. The van der Waals surface area contributed by atoms with Crippen molar-refractivity contribution in [1.82, 2.24) is 15.2 Å². The van der Waals surface area contributed by atoms with Gasteiger partial charge in [-0.3, -0.25) is 9.69 Å². The van der Waals surface area contributed by atoms with Gasteiger partial charge >= 0.3 is 0 Å². The number of aromatic nitrogens is 1. The number of halogens is 1. The molecular formula is C15H23FN4O. The molecule has 0 radical (unpaired) electrons. The molecule has 1 aromatic rings. The third-order valence-electron chi connectivity index (χ3n) is 3.33. The minimum Gasteiger partial charge on any atom is -0.369 e. The van der Waals surface area contributed by atoms with Gasteiger partial charge in [0.25, 0.3) is 0 Å². The molecule has 0 spiro atoms. The van der Waals surface area contributed by atoms with Crippen molar-refractivity contribution < 1.29 is 9.18 Å². The molecule has 21 heavy (non-hydrogen) atoms. The molecule has 1 aliphatic heterocycles. The van der Waals surface area contributed by atoms with E-state index >= 15 is 0 Å². The molecule has 0 bridgehead atoms. The Kier molecular flexibility index (Phi) is 4.77. The highest BCUT2D eigenvalue weighted by atomic mass is 19.1. The summed E-state index contributed by atoms with van der Waals surface area (Å²) in [6.45, 7) is 9.49. The Bertz CT molecular complexity index is 493. The fraction of sp³-hybridized carbons (Fsp3) is 0.600. The predicted octanol–water partition coefficient (Wildman–Crippen LogP) is 1.26. The molecule has 116 valence electrons. The fourth-order valence-corrected chi connectivity index (χ4v) is 2.41. The van der Waals surface area contributed by atoms with E-state index in [0.717, 1.165) is 31.9 Å². The lowest BCUT2D eigenvalue weighted by molar-refractivity contribution is -0.123. The van der Waals surface area contributed by atoms with Crippen molar-refractivity contribution in [2.45, 2.75) is 26.3 Å². The summed E-state index contributed by atoms with van der Waals surface area (Å²) in [5.74, 6) is -0.412. The summed E-state index contributed by atoms with van der Waals surface area (Å²) in [7, 11) is 0. The minimum absolute atomic E-state index is 0.0471. The van der Waals surface area contributed by atoms with Crippen molar-refractivity contribution in [3.63, 3.8) is 0 Å². The third kappa shape index (κ3) is 4.97. The van der Waals surface area contributed by atoms with Crippen LogP contribution >= 0.6 is 0 Å².